The van der Waals surface area contributed by atoms with Crippen LogP contribution >= 0.6 is 0 Å². The van der Waals surface area contributed by atoms with E-state index < -0.39 is 10.8 Å². The zero-order valence-electron chi connectivity index (χ0n) is 17.1. The molecule has 1 amide bonds. The number of nitro groups is 1. The summed E-state index contributed by atoms with van der Waals surface area (Å²) in [7, 11) is 0. The van der Waals surface area contributed by atoms with E-state index in [9.17, 15) is 14.9 Å². The number of rotatable bonds is 11. The van der Waals surface area contributed by atoms with Crippen molar-refractivity contribution < 1.29 is 19.2 Å². The minimum atomic E-state index is -0.512. The molecule has 30 heavy (non-hydrogen) atoms. The molecule has 0 atom stereocenters. The van der Waals surface area contributed by atoms with E-state index in [0.717, 1.165) is 5.56 Å². The molecule has 0 spiro atoms. The molecule has 0 unspecified atom stereocenters. The third kappa shape index (κ3) is 6.16. The van der Waals surface area contributed by atoms with Crippen LogP contribution in [0, 0.1) is 10.1 Å². The Morgan fingerprint density at radius 3 is 2.60 bits per heavy atom. The number of hydrogen-bond donors (Lipinski definition) is 1. The van der Waals surface area contributed by atoms with Gasteiger partial charge in [0.2, 0.25) is 5.91 Å². The molecule has 0 saturated heterocycles. The molecule has 8 heteroatoms. The number of carbonyl (C=O) groups is 1. The van der Waals surface area contributed by atoms with Crippen LogP contribution in [0.1, 0.15) is 30.5 Å². The highest BCUT2D eigenvalue weighted by molar-refractivity contribution is 5.85. The molecule has 0 aliphatic rings. The van der Waals surface area contributed by atoms with Crippen molar-refractivity contribution in [2.75, 3.05) is 13.2 Å². The lowest BCUT2D eigenvalue weighted by Gasteiger charge is -2.15. The Morgan fingerprint density at radius 2 is 1.93 bits per heavy atom. The summed E-state index contributed by atoms with van der Waals surface area (Å²) in [6.07, 6.45) is 3.69. The molecule has 0 aliphatic heterocycles. The normalized spacial score (nSPS) is 10.6. The fourth-order valence-corrected chi connectivity index (χ4v) is 2.87. The molecule has 8 nitrogen and oxygen atoms in total. The average molecular weight is 411 g/mol. The lowest BCUT2D eigenvalue weighted by molar-refractivity contribution is -0.385. The SMILES string of the molecule is C=CCc1cc(/C=N/NC(=O)Cc2ccccc2[N+](=O)[O-])cc(OCC)c1OCC. The molecular formula is C22H25N3O5. The van der Waals surface area contributed by atoms with Crippen LogP contribution in [0.2, 0.25) is 0 Å². The maximum Gasteiger partial charge on any atom is 0.273 e. The summed E-state index contributed by atoms with van der Waals surface area (Å²) < 4.78 is 11.4. The van der Waals surface area contributed by atoms with Crippen molar-refractivity contribution in [2.24, 2.45) is 5.10 Å². The Kier molecular flexibility index (Phi) is 8.56. The third-order valence-corrected chi connectivity index (χ3v) is 4.05. The van der Waals surface area contributed by atoms with Crippen LogP contribution in [0.3, 0.4) is 0 Å². The molecule has 1 N–H and O–H groups in total. The Morgan fingerprint density at radius 1 is 1.20 bits per heavy atom. The van der Waals surface area contributed by atoms with Crippen LogP contribution in [-0.4, -0.2) is 30.3 Å². The number of allylic oxidation sites excluding steroid dienone is 1. The second-order valence-corrected chi connectivity index (χ2v) is 6.22. The second kappa shape index (κ2) is 11.4. The van der Waals surface area contributed by atoms with E-state index in [0.29, 0.717) is 42.3 Å². The molecule has 2 rings (SSSR count). The summed E-state index contributed by atoms with van der Waals surface area (Å²) in [4.78, 5) is 22.7. The van der Waals surface area contributed by atoms with Crippen molar-refractivity contribution >= 4 is 17.8 Å². The van der Waals surface area contributed by atoms with Crippen molar-refractivity contribution in [2.45, 2.75) is 26.7 Å². The molecule has 2 aromatic carbocycles. The van der Waals surface area contributed by atoms with Gasteiger partial charge in [0, 0.05) is 17.2 Å². The fraction of sp³-hybridized carbons (Fsp3) is 0.273. The number of hydrogen-bond acceptors (Lipinski definition) is 6. The van der Waals surface area contributed by atoms with E-state index in [1.807, 2.05) is 19.9 Å². The van der Waals surface area contributed by atoms with Gasteiger partial charge in [-0.3, -0.25) is 14.9 Å². The van der Waals surface area contributed by atoms with Crippen molar-refractivity contribution in [3.8, 4) is 11.5 Å². The van der Waals surface area contributed by atoms with Gasteiger partial charge < -0.3 is 9.47 Å². The summed E-state index contributed by atoms with van der Waals surface area (Å²) >= 11 is 0. The van der Waals surface area contributed by atoms with Gasteiger partial charge >= 0.3 is 0 Å². The first-order valence-corrected chi connectivity index (χ1v) is 9.57. The standard InChI is InChI=1S/C22H25N3O5/c1-4-9-18-12-16(13-20(29-5-2)22(18)30-6-3)15-23-24-21(26)14-17-10-7-8-11-19(17)25(27)28/h4,7-8,10-13,15H,1,5-6,9,14H2,2-3H3,(H,24,26)/b23-15+. The van der Waals surface area contributed by atoms with E-state index in [-0.39, 0.29) is 12.1 Å². The maximum atomic E-state index is 12.2. The minimum Gasteiger partial charge on any atom is -0.490 e. The van der Waals surface area contributed by atoms with Crippen molar-refractivity contribution in [1.82, 2.24) is 5.43 Å². The van der Waals surface area contributed by atoms with Crippen LogP contribution in [0.15, 0.2) is 54.2 Å². The number of amides is 1. The zero-order valence-corrected chi connectivity index (χ0v) is 17.1. The Hall–Kier alpha value is -3.68. The minimum absolute atomic E-state index is 0.0986. The van der Waals surface area contributed by atoms with Crippen LogP contribution < -0.4 is 14.9 Å². The number of nitrogens with one attached hydrogen (secondary N) is 1. The molecule has 0 aromatic heterocycles. The number of para-hydroxylation sites is 1. The first-order valence-electron chi connectivity index (χ1n) is 9.57. The Bertz CT molecular complexity index is 940. The van der Waals surface area contributed by atoms with Crippen molar-refractivity contribution in [1.29, 1.82) is 0 Å². The van der Waals surface area contributed by atoms with Gasteiger partial charge in [0.1, 0.15) is 0 Å². The van der Waals surface area contributed by atoms with Gasteiger partial charge in [-0.05, 0) is 38.0 Å². The first kappa shape index (κ1) is 22.6. The molecule has 0 fully saturated rings. The van der Waals surface area contributed by atoms with Gasteiger partial charge in [-0.25, -0.2) is 5.43 Å². The molecule has 0 radical (unpaired) electrons. The molecule has 0 saturated carbocycles. The number of nitro benzene ring substituents is 1. The fourth-order valence-electron chi connectivity index (χ4n) is 2.87. The highest BCUT2D eigenvalue weighted by Gasteiger charge is 2.15. The van der Waals surface area contributed by atoms with Gasteiger partial charge in [0.25, 0.3) is 5.69 Å². The van der Waals surface area contributed by atoms with Crippen LogP contribution in [0.5, 0.6) is 11.5 Å². The topological polar surface area (TPSA) is 103 Å². The predicted octanol–water partition coefficient (Wildman–Crippen LogP) is 3.81. The largest absolute Gasteiger partial charge is 0.490 e. The van der Waals surface area contributed by atoms with E-state index in [4.69, 9.17) is 9.47 Å². The molecule has 2 aromatic rings. The molecule has 158 valence electrons. The van der Waals surface area contributed by atoms with Crippen molar-refractivity contribution in [3.63, 3.8) is 0 Å². The van der Waals surface area contributed by atoms with Gasteiger partial charge in [0.05, 0.1) is 30.8 Å². The lowest BCUT2D eigenvalue weighted by atomic mass is 10.1. The quantitative estimate of drug-likeness (QED) is 0.262. The van der Waals surface area contributed by atoms with E-state index in [1.54, 1.807) is 30.3 Å². The number of carbonyl (C=O) groups excluding carboxylic acids is 1. The third-order valence-electron chi connectivity index (χ3n) is 4.05. The summed E-state index contributed by atoms with van der Waals surface area (Å²) in [5.41, 5.74) is 4.23. The van der Waals surface area contributed by atoms with Crippen LogP contribution in [0.4, 0.5) is 5.69 Å². The van der Waals surface area contributed by atoms with E-state index >= 15 is 0 Å². The molecule has 0 aliphatic carbocycles. The molecule has 0 heterocycles. The second-order valence-electron chi connectivity index (χ2n) is 6.22. The predicted molar refractivity (Wildman–Crippen MR) is 115 cm³/mol. The van der Waals surface area contributed by atoms with Crippen molar-refractivity contribution in [3.05, 3.63) is 75.9 Å². The summed E-state index contributed by atoms with van der Waals surface area (Å²) in [6.45, 7) is 8.52. The summed E-state index contributed by atoms with van der Waals surface area (Å²) in [6, 6.07) is 9.77. The lowest BCUT2D eigenvalue weighted by Crippen LogP contribution is -2.20. The highest BCUT2D eigenvalue weighted by Crippen LogP contribution is 2.33. The zero-order chi connectivity index (χ0) is 21.9. The Labute approximate surface area is 175 Å². The molecular weight excluding hydrogens is 386 g/mol. The van der Waals surface area contributed by atoms with Gasteiger partial charge in [-0.1, -0.05) is 24.3 Å². The number of nitrogens with zero attached hydrogens (tertiary/aromatic N) is 2. The monoisotopic (exact) mass is 411 g/mol. The number of hydrazone groups is 1. The highest BCUT2D eigenvalue weighted by atomic mass is 16.6. The van der Waals surface area contributed by atoms with Crippen LogP contribution in [0.25, 0.3) is 0 Å². The number of ether oxygens (including phenoxy) is 2. The van der Waals surface area contributed by atoms with E-state index in [1.165, 1.54) is 12.3 Å². The number of benzene rings is 2. The van der Waals surface area contributed by atoms with Gasteiger partial charge in [-0.15, -0.1) is 6.58 Å². The smallest absolute Gasteiger partial charge is 0.273 e. The Balaban J connectivity index is 2.16. The summed E-state index contributed by atoms with van der Waals surface area (Å²) in [5, 5.41) is 15.0. The summed E-state index contributed by atoms with van der Waals surface area (Å²) in [5.74, 6) is 0.797. The van der Waals surface area contributed by atoms with Crippen LogP contribution in [-0.2, 0) is 17.6 Å². The maximum absolute atomic E-state index is 12.2. The first-order chi connectivity index (χ1) is 14.5. The van der Waals surface area contributed by atoms with E-state index in [2.05, 4.69) is 17.1 Å². The molecule has 0 bridgehead atoms. The van der Waals surface area contributed by atoms with Gasteiger partial charge in [-0.2, -0.15) is 5.10 Å². The average Bonchev–Trinajstić information content (AvgIpc) is 2.71. The van der Waals surface area contributed by atoms with Gasteiger partial charge in [0.15, 0.2) is 11.5 Å².